The van der Waals surface area contributed by atoms with Gasteiger partial charge in [0, 0.05) is 19.3 Å². The molecule has 0 saturated carbocycles. The zero-order valence-electron chi connectivity index (χ0n) is 42.7. The van der Waals surface area contributed by atoms with E-state index < -0.39 is 6.10 Å². The van der Waals surface area contributed by atoms with Crippen molar-refractivity contribution < 1.29 is 28.6 Å². The first-order chi connectivity index (χ1) is 30.1. The molecule has 0 fully saturated rings. The van der Waals surface area contributed by atoms with E-state index in [1.54, 1.807) is 0 Å². The van der Waals surface area contributed by atoms with E-state index in [4.69, 9.17) is 14.2 Å². The Morgan fingerprint density at radius 1 is 0.274 bits per heavy atom. The van der Waals surface area contributed by atoms with Crippen LogP contribution in [-0.2, 0) is 28.6 Å². The number of hydrogen-bond donors (Lipinski definition) is 0. The Morgan fingerprint density at radius 2 is 0.468 bits per heavy atom. The Bertz CT molecular complexity index is 960. The van der Waals surface area contributed by atoms with E-state index in [0.717, 1.165) is 75.5 Å². The van der Waals surface area contributed by atoms with Gasteiger partial charge in [0.1, 0.15) is 13.2 Å². The van der Waals surface area contributed by atoms with Gasteiger partial charge in [0.05, 0.1) is 0 Å². The minimum Gasteiger partial charge on any atom is -0.462 e. The van der Waals surface area contributed by atoms with E-state index >= 15 is 0 Å². The maximum absolute atomic E-state index is 12.7. The lowest BCUT2D eigenvalue weighted by molar-refractivity contribution is -0.167. The van der Waals surface area contributed by atoms with Crippen LogP contribution in [0.3, 0.4) is 0 Å². The van der Waals surface area contributed by atoms with Crippen LogP contribution >= 0.6 is 0 Å². The summed E-state index contributed by atoms with van der Waals surface area (Å²) in [6.07, 6.45) is 48.3. The molecule has 0 aromatic carbocycles. The minimum atomic E-state index is -0.763. The first kappa shape index (κ1) is 60.4. The molecule has 0 bridgehead atoms. The second-order valence-electron chi connectivity index (χ2n) is 20.6. The van der Waals surface area contributed by atoms with Crippen LogP contribution in [-0.4, -0.2) is 37.2 Å². The van der Waals surface area contributed by atoms with E-state index in [2.05, 4.69) is 41.5 Å². The van der Waals surface area contributed by atoms with Gasteiger partial charge in [-0.05, 0) is 37.0 Å². The van der Waals surface area contributed by atoms with Gasteiger partial charge in [0.2, 0.25) is 0 Å². The number of unbranched alkanes of at least 4 members (excludes halogenated alkanes) is 32. The number of hydrogen-bond acceptors (Lipinski definition) is 6. The van der Waals surface area contributed by atoms with Crippen LogP contribution in [0.25, 0.3) is 0 Å². The van der Waals surface area contributed by atoms with E-state index in [0.29, 0.717) is 19.3 Å². The minimum absolute atomic E-state index is 0.0652. The van der Waals surface area contributed by atoms with Crippen molar-refractivity contribution in [3.05, 3.63) is 0 Å². The van der Waals surface area contributed by atoms with Crippen molar-refractivity contribution in [2.24, 2.45) is 17.8 Å². The van der Waals surface area contributed by atoms with Crippen LogP contribution in [0.15, 0.2) is 0 Å². The van der Waals surface area contributed by atoms with Crippen molar-refractivity contribution in [1.82, 2.24) is 0 Å². The molecule has 0 aliphatic carbocycles. The molecule has 0 rings (SSSR count). The summed E-state index contributed by atoms with van der Waals surface area (Å²) in [7, 11) is 0. The number of esters is 3. The molecule has 0 heterocycles. The zero-order chi connectivity index (χ0) is 45.6. The monoisotopic (exact) mass is 877 g/mol. The molecule has 1 atom stereocenters. The molecule has 0 radical (unpaired) electrons. The quantitative estimate of drug-likeness (QED) is 0.0344. The highest BCUT2D eigenvalue weighted by molar-refractivity contribution is 5.71. The average molecular weight is 877 g/mol. The molecular formula is C56H108O6. The van der Waals surface area contributed by atoms with Gasteiger partial charge in [-0.3, -0.25) is 14.4 Å². The van der Waals surface area contributed by atoms with Gasteiger partial charge < -0.3 is 14.2 Å². The Balaban J connectivity index is 4.17. The number of rotatable bonds is 49. The van der Waals surface area contributed by atoms with Gasteiger partial charge in [0.25, 0.3) is 0 Å². The van der Waals surface area contributed by atoms with Crippen molar-refractivity contribution in [3.8, 4) is 0 Å². The van der Waals surface area contributed by atoms with Gasteiger partial charge in [-0.2, -0.15) is 0 Å². The molecule has 0 aliphatic rings. The van der Waals surface area contributed by atoms with Crippen LogP contribution in [0.4, 0.5) is 0 Å². The van der Waals surface area contributed by atoms with Crippen molar-refractivity contribution in [2.45, 2.75) is 311 Å². The third-order valence-electron chi connectivity index (χ3n) is 12.6. The average Bonchev–Trinajstić information content (AvgIpc) is 3.23. The molecule has 368 valence electrons. The molecule has 0 saturated heterocycles. The Hall–Kier alpha value is -1.59. The fourth-order valence-corrected chi connectivity index (χ4v) is 8.47. The van der Waals surface area contributed by atoms with Gasteiger partial charge >= 0.3 is 17.9 Å². The summed E-state index contributed by atoms with van der Waals surface area (Å²) < 4.78 is 16.8. The van der Waals surface area contributed by atoms with Crippen molar-refractivity contribution in [1.29, 1.82) is 0 Å². The third-order valence-corrected chi connectivity index (χ3v) is 12.6. The number of carbonyl (C=O) groups is 3. The van der Waals surface area contributed by atoms with Crippen LogP contribution in [0.1, 0.15) is 305 Å². The highest BCUT2D eigenvalue weighted by Gasteiger charge is 2.19. The topological polar surface area (TPSA) is 78.9 Å². The van der Waals surface area contributed by atoms with Gasteiger partial charge in [-0.1, -0.05) is 266 Å². The summed E-state index contributed by atoms with van der Waals surface area (Å²) in [6.45, 7) is 13.7. The molecular weight excluding hydrogens is 769 g/mol. The normalized spacial score (nSPS) is 12.1. The van der Waals surface area contributed by atoms with E-state index in [-0.39, 0.29) is 31.1 Å². The van der Waals surface area contributed by atoms with Crippen LogP contribution in [0.2, 0.25) is 0 Å². The molecule has 62 heavy (non-hydrogen) atoms. The van der Waals surface area contributed by atoms with Crippen molar-refractivity contribution >= 4 is 17.9 Å². The predicted molar refractivity (Wildman–Crippen MR) is 266 cm³/mol. The summed E-state index contributed by atoms with van der Waals surface area (Å²) in [5, 5.41) is 0. The lowest BCUT2D eigenvalue weighted by atomic mass is 10.0. The SMILES string of the molecule is CC(C)CCCCCCCCCCCCCCCCCCCCC(=O)OC[C@H](COC(=O)CCCCCCCCCCCCCC(C)C)OC(=O)CCCCCCCCC(C)C. The molecule has 0 N–H and O–H groups in total. The first-order valence-electron chi connectivity index (χ1n) is 27.6. The summed E-state index contributed by atoms with van der Waals surface area (Å²) >= 11 is 0. The second kappa shape index (κ2) is 47.4. The Morgan fingerprint density at radius 3 is 0.694 bits per heavy atom. The largest absolute Gasteiger partial charge is 0.462 e. The van der Waals surface area contributed by atoms with Gasteiger partial charge in [-0.15, -0.1) is 0 Å². The standard InChI is InChI=1S/C56H108O6/c1-50(2)42-36-30-24-20-16-13-11-9-7-8-10-12-14-18-22-26-33-39-45-54(57)60-48-53(62-56(59)47-41-35-29-28-32-38-44-52(5)6)49-61-55(58)46-40-34-27-23-19-15-17-21-25-31-37-43-51(3)4/h50-53H,7-49H2,1-6H3/t53-/m1/s1. The smallest absolute Gasteiger partial charge is 0.306 e. The van der Waals surface area contributed by atoms with Crippen LogP contribution < -0.4 is 0 Å². The van der Waals surface area contributed by atoms with E-state index in [1.807, 2.05) is 0 Å². The van der Waals surface area contributed by atoms with Crippen LogP contribution in [0, 0.1) is 17.8 Å². The third kappa shape index (κ3) is 49.4. The summed E-state index contributed by atoms with van der Waals surface area (Å²) in [5.41, 5.74) is 0. The van der Waals surface area contributed by atoms with E-state index in [9.17, 15) is 14.4 Å². The maximum Gasteiger partial charge on any atom is 0.306 e. The fraction of sp³-hybridized carbons (Fsp3) is 0.946. The molecule has 0 amide bonds. The number of carbonyl (C=O) groups excluding carboxylic acids is 3. The summed E-state index contributed by atoms with van der Waals surface area (Å²) in [6, 6.07) is 0. The molecule has 0 aromatic heterocycles. The lowest BCUT2D eigenvalue weighted by Gasteiger charge is -2.18. The van der Waals surface area contributed by atoms with E-state index in [1.165, 1.54) is 186 Å². The van der Waals surface area contributed by atoms with Crippen LogP contribution in [0.5, 0.6) is 0 Å². The van der Waals surface area contributed by atoms with Crippen molar-refractivity contribution in [2.75, 3.05) is 13.2 Å². The zero-order valence-corrected chi connectivity index (χ0v) is 42.7. The predicted octanol–water partition coefficient (Wildman–Crippen LogP) is 17.9. The fourth-order valence-electron chi connectivity index (χ4n) is 8.47. The summed E-state index contributed by atoms with van der Waals surface area (Å²) in [5.74, 6) is 1.59. The number of ether oxygens (including phenoxy) is 3. The highest BCUT2D eigenvalue weighted by atomic mass is 16.6. The highest BCUT2D eigenvalue weighted by Crippen LogP contribution is 2.18. The molecule has 6 heteroatoms. The maximum atomic E-state index is 12.7. The molecule has 0 aromatic rings. The van der Waals surface area contributed by atoms with Gasteiger partial charge in [-0.25, -0.2) is 0 Å². The lowest BCUT2D eigenvalue weighted by Crippen LogP contribution is -2.30. The Labute approximate surface area is 387 Å². The molecule has 0 spiro atoms. The summed E-state index contributed by atoms with van der Waals surface area (Å²) in [4.78, 5) is 37.9. The molecule has 0 unspecified atom stereocenters. The second-order valence-corrected chi connectivity index (χ2v) is 20.6. The van der Waals surface area contributed by atoms with Crippen molar-refractivity contribution in [3.63, 3.8) is 0 Å². The molecule has 6 nitrogen and oxygen atoms in total. The Kier molecular flexibility index (Phi) is 46.2. The first-order valence-corrected chi connectivity index (χ1v) is 27.6. The van der Waals surface area contributed by atoms with Gasteiger partial charge in [0.15, 0.2) is 6.10 Å². The molecule has 0 aliphatic heterocycles.